The molecule has 1 unspecified atom stereocenters. The molecule has 0 spiro atoms. The first-order valence-electron chi connectivity index (χ1n) is 7.26. The Hall–Kier alpha value is -2.17. The van der Waals surface area contributed by atoms with Crippen molar-refractivity contribution in [2.75, 3.05) is 0 Å². The highest BCUT2D eigenvalue weighted by Gasteiger charge is 2.18. The van der Waals surface area contributed by atoms with Crippen LogP contribution >= 0.6 is 0 Å². The summed E-state index contributed by atoms with van der Waals surface area (Å²) in [6.45, 7) is 8.91. The Morgan fingerprint density at radius 2 is 2.14 bits per heavy atom. The van der Waals surface area contributed by atoms with Crippen LogP contribution in [0, 0.1) is 13.8 Å². The van der Waals surface area contributed by atoms with Gasteiger partial charge < -0.3 is 5.32 Å². The molecule has 0 aliphatic carbocycles. The van der Waals surface area contributed by atoms with Crippen LogP contribution in [0.4, 0.5) is 0 Å². The smallest absolute Gasteiger partial charge is 0.226 e. The maximum atomic E-state index is 12.1. The second kappa shape index (κ2) is 6.52. The van der Waals surface area contributed by atoms with Gasteiger partial charge in [-0.1, -0.05) is 6.07 Å². The Bertz CT molecular complexity index is 619. The van der Waals surface area contributed by atoms with E-state index in [2.05, 4.69) is 22.3 Å². The standard InChI is InChI=1S/C16H22N4O/c1-5-20-13(4)16(12(3)19-20)11(2)18-15(21)10-14-8-6-7-9-17-14/h6-9,11H,5,10H2,1-4H3,(H,18,21). The van der Waals surface area contributed by atoms with Gasteiger partial charge in [0.25, 0.3) is 0 Å². The van der Waals surface area contributed by atoms with E-state index >= 15 is 0 Å². The number of rotatable bonds is 5. The lowest BCUT2D eigenvalue weighted by atomic mass is 10.1. The summed E-state index contributed by atoms with van der Waals surface area (Å²) >= 11 is 0. The van der Waals surface area contributed by atoms with Crippen molar-refractivity contribution in [1.29, 1.82) is 0 Å². The van der Waals surface area contributed by atoms with Crippen LogP contribution in [0.15, 0.2) is 24.4 Å². The van der Waals surface area contributed by atoms with Gasteiger partial charge in [-0.15, -0.1) is 0 Å². The van der Waals surface area contributed by atoms with Gasteiger partial charge in [0.2, 0.25) is 5.91 Å². The number of nitrogens with one attached hydrogen (secondary N) is 1. The Balaban J connectivity index is 2.06. The van der Waals surface area contributed by atoms with Crippen molar-refractivity contribution in [3.05, 3.63) is 47.0 Å². The molecule has 112 valence electrons. The third kappa shape index (κ3) is 3.48. The Morgan fingerprint density at radius 3 is 2.71 bits per heavy atom. The van der Waals surface area contributed by atoms with Crippen molar-refractivity contribution in [2.45, 2.75) is 46.7 Å². The molecule has 2 heterocycles. The van der Waals surface area contributed by atoms with E-state index in [9.17, 15) is 4.79 Å². The monoisotopic (exact) mass is 286 g/mol. The van der Waals surface area contributed by atoms with Gasteiger partial charge in [0, 0.05) is 29.7 Å². The molecule has 2 aromatic rings. The van der Waals surface area contributed by atoms with Crippen LogP contribution in [0.1, 0.15) is 42.5 Å². The van der Waals surface area contributed by atoms with Gasteiger partial charge in [-0.05, 0) is 39.8 Å². The highest BCUT2D eigenvalue weighted by molar-refractivity contribution is 5.78. The molecule has 21 heavy (non-hydrogen) atoms. The van der Waals surface area contributed by atoms with E-state index < -0.39 is 0 Å². The van der Waals surface area contributed by atoms with Crippen molar-refractivity contribution in [3.8, 4) is 0 Å². The van der Waals surface area contributed by atoms with Crippen LogP contribution in [0.2, 0.25) is 0 Å². The van der Waals surface area contributed by atoms with E-state index in [4.69, 9.17) is 0 Å². The molecule has 1 N–H and O–H groups in total. The highest BCUT2D eigenvalue weighted by atomic mass is 16.1. The van der Waals surface area contributed by atoms with Crippen LogP contribution < -0.4 is 5.32 Å². The van der Waals surface area contributed by atoms with Crippen LogP contribution in [-0.2, 0) is 17.8 Å². The molecule has 0 aliphatic rings. The normalized spacial score (nSPS) is 12.2. The Morgan fingerprint density at radius 1 is 1.38 bits per heavy atom. The second-order valence-corrected chi connectivity index (χ2v) is 5.19. The minimum atomic E-state index is -0.0542. The number of nitrogens with zero attached hydrogens (tertiary/aromatic N) is 3. The van der Waals surface area contributed by atoms with Crippen molar-refractivity contribution in [3.63, 3.8) is 0 Å². The van der Waals surface area contributed by atoms with E-state index in [1.54, 1.807) is 6.20 Å². The van der Waals surface area contributed by atoms with Crippen molar-refractivity contribution in [2.24, 2.45) is 0 Å². The summed E-state index contributed by atoms with van der Waals surface area (Å²) in [5.41, 5.74) is 3.96. The topological polar surface area (TPSA) is 59.8 Å². The minimum absolute atomic E-state index is 0.0238. The molecule has 1 atom stereocenters. The quantitative estimate of drug-likeness (QED) is 0.917. The lowest BCUT2D eigenvalue weighted by Crippen LogP contribution is -2.29. The summed E-state index contributed by atoms with van der Waals surface area (Å²) in [4.78, 5) is 16.3. The van der Waals surface area contributed by atoms with Gasteiger partial charge in [-0.25, -0.2) is 0 Å². The lowest BCUT2D eigenvalue weighted by Gasteiger charge is -2.15. The molecule has 0 aromatic carbocycles. The Kier molecular flexibility index (Phi) is 4.73. The van der Waals surface area contributed by atoms with Crippen molar-refractivity contribution in [1.82, 2.24) is 20.1 Å². The fourth-order valence-corrected chi connectivity index (χ4v) is 2.68. The first kappa shape index (κ1) is 15.2. The molecule has 2 rings (SSSR count). The van der Waals surface area contributed by atoms with Gasteiger partial charge in [-0.2, -0.15) is 5.10 Å². The zero-order valence-electron chi connectivity index (χ0n) is 13.1. The first-order valence-corrected chi connectivity index (χ1v) is 7.26. The molecule has 5 heteroatoms. The third-order valence-corrected chi connectivity index (χ3v) is 3.62. The second-order valence-electron chi connectivity index (χ2n) is 5.19. The van der Waals surface area contributed by atoms with Gasteiger partial charge >= 0.3 is 0 Å². The molecule has 1 amide bonds. The SMILES string of the molecule is CCn1nc(C)c(C(C)NC(=O)Cc2ccccn2)c1C. The number of aromatic nitrogens is 3. The largest absolute Gasteiger partial charge is 0.349 e. The zero-order valence-corrected chi connectivity index (χ0v) is 13.1. The fraction of sp³-hybridized carbons (Fsp3) is 0.438. The Labute approximate surface area is 125 Å². The molecule has 5 nitrogen and oxygen atoms in total. The molecule has 0 radical (unpaired) electrons. The minimum Gasteiger partial charge on any atom is -0.349 e. The average molecular weight is 286 g/mol. The average Bonchev–Trinajstić information content (AvgIpc) is 2.74. The number of pyridine rings is 1. The summed E-state index contributed by atoms with van der Waals surface area (Å²) in [7, 11) is 0. The van der Waals surface area contributed by atoms with Crippen LogP contribution in [0.25, 0.3) is 0 Å². The molecular weight excluding hydrogens is 264 g/mol. The molecule has 2 aromatic heterocycles. The van der Waals surface area contributed by atoms with Gasteiger partial charge in [-0.3, -0.25) is 14.5 Å². The molecule has 0 saturated carbocycles. The highest BCUT2D eigenvalue weighted by Crippen LogP contribution is 2.21. The number of amides is 1. The van der Waals surface area contributed by atoms with E-state index in [1.165, 1.54) is 0 Å². The summed E-state index contributed by atoms with van der Waals surface area (Å²) in [6.07, 6.45) is 2.00. The van der Waals surface area contributed by atoms with E-state index in [1.807, 2.05) is 43.7 Å². The number of hydrogen-bond donors (Lipinski definition) is 1. The predicted molar refractivity (Wildman–Crippen MR) is 81.9 cm³/mol. The first-order chi connectivity index (χ1) is 10.0. The van der Waals surface area contributed by atoms with Gasteiger partial charge in [0.15, 0.2) is 0 Å². The summed E-state index contributed by atoms with van der Waals surface area (Å²) in [5, 5.41) is 7.53. The number of hydrogen-bond acceptors (Lipinski definition) is 3. The maximum absolute atomic E-state index is 12.1. The molecule has 0 fully saturated rings. The number of aryl methyl sites for hydroxylation is 2. The maximum Gasteiger partial charge on any atom is 0.226 e. The third-order valence-electron chi connectivity index (χ3n) is 3.62. The lowest BCUT2D eigenvalue weighted by molar-refractivity contribution is -0.121. The predicted octanol–water partition coefficient (Wildman–Crippen LogP) is 2.33. The zero-order chi connectivity index (χ0) is 15.4. The van der Waals surface area contributed by atoms with Crippen LogP contribution in [0.5, 0.6) is 0 Å². The number of carbonyl (C=O) groups excluding carboxylic acids is 1. The molecule has 0 bridgehead atoms. The molecular formula is C16H22N4O. The van der Waals surface area contributed by atoms with Crippen molar-refractivity contribution < 1.29 is 4.79 Å². The number of carbonyl (C=O) groups is 1. The van der Waals surface area contributed by atoms with Crippen LogP contribution in [0.3, 0.4) is 0 Å². The van der Waals surface area contributed by atoms with E-state index in [0.29, 0.717) is 6.42 Å². The summed E-state index contributed by atoms with van der Waals surface area (Å²) in [5.74, 6) is -0.0238. The molecule has 0 saturated heterocycles. The van der Waals surface area contributed by atoms with Crippen LogP contribution in [-0.4, -0.2) is 20.7 Å². The van der Waals surface area contributed by atoms with Gasteiger partial charge in [0.05, 0.1) is 18.2 Å². The summed E-state index contributed by atoms with van der Waals surface area (Å²) in [6, 6.07) is 5.53. The van der Waals surface area contributed by atoms with Crippen molar-refractivity contribution >= 4 is 5.91 Å². The van der Waals surface area contributed by atoms with Gasteiger partial charge in [0.1, 0.15) is 0 Å². The fourth-order valence-electron chi connectivity index (χ4n) is 2.68. The van der Waals surface area contributed by atoms with E-state index in [-0.39, 0.29) is 11.9 Å². The van der Waals surface area contributed by atoms with E-state index in [0.717, 1.165) is 29.2 Å². The summed E-state index contributed by atoms with van der Waals surface area (Å²) < 4.78 is 1.96. The molecule has 0 aliphatic heterocycles.